The summed E-state index contributed by atoms with van der Waals surface area (Å²) in [6.07, 6.45) is 5.22. The fraction of sp³-hybridized carbons (Fsp3) is 0.389. The summed E-state index contributed by atoms with van der Waals surface area (Å²) in [5.41, 5.74) is 0.810. The van der Waals surface area contributed by atoms with Gasteiger partial charge < -0.3 is 4.90 Å². The molecule has 0 radical (unpaired) electrons. The van der Waals surface area contributed by atoms with Gasteiger partial charge in [0, 0.05) is 31.5 Å². The first-order valence-corrected chi connectivity index (χ1v) is 10.3. The molecule has 1 aromatic heterocycles. The van der Waals surface area contributed by atoms with Crippen LogP contribution in [0.15, 0.2) is 41.7 Å². The number of halogens is 1. The molecule has 0 spiro atoms. The van der Waals surface area contributed by atoms with Gasteiger partial charge in [-0.3, -0.25) is 4.79 Å². The molecule has 8 heteroatoms. The van der Waals surface area contributed by atoms with Crippen molar-refractivity contribution in [2.45, 2.75) is 30.1 Å². The molecule has 0 saturated carbocycles. The quantitative estimate of drug-likeness (QED) is 0.814. The first-order chi connectivity index (χ1) is 12.4. The van der Waals surface area contributed by atoms with Crippen LogP contribution in [0.1, 0.15) is 30.0 Å². The molecule has 1 amide bonds. The van der Waals surface area contributed by atoms with E-state index in [1.165, 1.54) is 18.6 Å². The molecule has 1 fully saturated rings. The molecule has 1 aromatic carbocycles. The predicted molar refractivity (Wildman–Crippen MR) is 93.8 cm³/mol. The van der Waals surface area contributed by atoms with Gasteiger partial charge in [-0.2, -0.15) is 0 Å². The van der Waals surface area contributed by atoms with Gasteiger partial charge in [0.1, 0.15) is 17.0 Å². The van der Waals surface area contributed by atoms with Crippen molar-refractivity contribution < 1.29 is 17.6 Å². The highest BCUT2D eigenvalue weighted by Crippen LogP contribution is 2.29. The second-order valence-electron chi connectivity index (χ2n) is 6.49. The molecule has 1 aliphatic heterocycles. The van der Waals surface area contributed by atoms with E-state index in [0.717, 1.165) is 19.1 Å². The van der Waals surface area contributed by atoms with E-state index in [0.29, 0.717) is 24.3 Å². The zero-order chi connectivity index (χ0) is 18.7. The van der Waals surface area contributed by atoms with Gasteiger partial charge in [-0.1, -0.05) is 18.2 Å². The predicted octanol–water partition coefficient (Wildman–Crippen LogP) is 1.97. The van der Waals surface area contributed by atoms with Crippen molar-refractivity contribution in [2.24, 2.45) is 0 Å². The summed E-state index contributed by atoms with van der Waals surface area (Å²) in [5, 5.41) is 0. The number of rotatable bonds is 4. The third-order valence-corrected chi connectivity index (χ3v) is 5.68. The van der Waals surface area contributed by atoms with Gasteiger partial charge in [0.2, 0.25) is 5.91 Å². The molecule has 26 heavy (non-hydrogen) atoms. The summed E-state index contributed by atoms with van der Waals surface area (Å²) >= 11 is 0. The molecule has 2 aromatic rings. The molecule has 0 N–H and O–H groups in total. The van der Waals surface area contributed by atoms with Gasteiger partial charge >= 0.3 is 0 Å². The van der Waals surface area contributed by atoms with Crippen molar-refractivity contribution in [2.75, 3.05) is 19.3 Å². The number of aromatic nitrogens is 2. The summed E-state index contributed by atoms with van der Waals surface area (Å²) in [7, 11) is -3.45. The second kappa shape index (κ2) is 7.49. The molecule has 1 atom stereocenters. The minimum absolute atomic E-state index is 0.0118. The first kappa shape index (κ1) is 18.4. The molecule has 138 valence electrons. The van der Waals surface area contributed by atoms with E-state index < -0.39 is 15.7 Å². The average Bonchev–Trinajstić information content (AvgIpc) is 2.63. The molecule has 0 bridgehead atoms. The van der Waals surface area contributed by atoms with Crippen molar-refractivity contribution in [1.29, 1.82) is 0 Å². The summed E-state index contributed by atoms with van der Waals surface area (Å²) in [6, 6.07) is 6.22. The smallest absolute Gasteiger partial charge is 0.227 e. The number of hydrogen-bond donors (Lipinski definition) is 0. The monoisotopic (exact) mass is 377 g/mol. The normalized spacial score (nSPS) is 17.9. The Morgan fingerprint density at radius 2 is 2.12 bits per heavy atom. The fourth-order valence-electron chi connectivity index (χ4n) is 3.26. The summed E-state index contributed by atoms with van der Waals surface area (Å²) in [4.78, 5) is 22.3. The Morgan fingerprint density at radius 1 is 1.35 bits per heavy atom. The SMILES string of the molecule is CS(=O)(=O)c1cncnc1[C@H]1CCCN(C(=O)Cc2ccccc2F)C1. The van der Waals surface area contributed by atoms with Crippen molar-refractivity contribution in [3.63, 3.8) is 0 Å². The Kier molecular flexibility index (Phi) is 5.31. The number of hydrogen-bond acceptors (Lipinski definition) is 5. The highest BCUT2D eigenvalue weighted by Gasteiger charge is 2.29. The van der Waals surface area contributed by atoms with Crippen LogP contribution in [-0.2, 0) is 21.1 Å². The van der Waals surface area contributed by atoms with Gasteiger partial charge in [0.25, 0.3) is 0 Å². The highest BCUT2D eigenvalue weighted by molar-refractivity contribution is 7.90. The largest absolute Gasteiger partial charge is 0.342 e. The zero-order valence-electron chi connectivity index (χ0n) is 14.4. The Labute approximate surface area is 152 Å². The lowest BCUT2D eigenvalue weighted by molar-refractivity contribution is -0.131. The molecule has 1 saturated heterocycles. The van der Waals surface area contributed by atoms with E-state index in [9.17, 15) is 17.6 Å². The minimum Gasteiger partial charge on any atom is -0.342 e. The highest BCUT2D eigenvalue weighted by atomic mass is 32.2. The van der Waals surface area contributed by atoms with Crippen LogP contribution in [0, 0.1) is 5.82 Å². The summed E-state index contributed by atoms with van der Waals surface area (Å²) in [5.74, 6) is -0.750. The molecule has 2 heterocycles. The maximum Gasteiger partial charge on any atom is 0.227 e. The molecule has 0 unspecified atom stereocenters. The van der Waals surface area contributed by atoms with Crippen molar-refractivity contribution in [1.82, 2.24) is 14.9 Å². The maximum atomic E-state index is 13.8. The van der Waals surface area contributed by atoms with Gasteiger partial charge in [0.15, 0.2) is 9.84 Å². The molecule has 0 aliphatic carbocycles. The van der Waals surface area contributed by atoms with E-state index in [2.05, 4.69) is 9.97 Å². The van der Waals surface area contributed by atoms with Gasteiger partial charge in [-0.15, -0.1) is 0 Å². The minimum atomic E-state index is -3.45. The Balaban J connectivity index is 1.78. The topological polar surface area (TPSA) is 80.2 Å². The van der Waals surface area contributed by atoms with Crippen LogP contribution in [-0.4, -0.2) is 48.5 Å². The van der Waals surface area contributed by atoms with Crippen LogP contribution >= 0.6 is 0 Å². The van der Waals surface area contributed by atoms with Crippen LogP contribution in [0.5, 0.6) is 0 Å². The first-order valence-electron chi connectivity index (χ1n) is 8.37. The lowest BCUT2D eigenvalue weighted by atomic mass is 9.94. The number of carbonyl (C=O) groups is 1. The maximum absolute atomic E-state index is 13.8. The number of nitrogens with zero attached hydrogens (tertiary/aromatic N) is 3. The van der Waals surface area contributed by atoms with E-state index in [4.69, 9.17) is 0 Å². The Morgan fingerprint density at radius 3 is 2.85 bits per heavy atom. The number of benzene rings is 1. The van der Waals surface area contributed by atoms with Gasteiger partial charge in [0.05, 0.1) is 12.1 Å². The third kappa shape index (κ3) is 4.07. The standard InChI is InChI=1S/C18H20FN3O3S/c1-26(24,25)16-10-20-12-21-18(16)14-6-4-8-22(11-14)17(23)9-13-5-2-3-7-15(13)19/h2-3,5,7,10,12,14H,4,6,8-9,11H2,1H3/t14-/m0/s1. The molecular formula is C18H20FN3O3S. The van der Waals surface area contributed by atoms with E-state index in [-0.39, 0.29) is 23.1 Å². The van der Waals surface area contributed by atoms with Crippen molar-refractivity contribution in [3.05, 3.63) is 53.9 Å². The van der Waals surface area contributed by atoms with Crippen LogP contribution in [0.25, 0.3) is 0 Å². The number of likely N-dealkylation sites (tertiary alicyclic amines) is 1. The van der Waals surface area contributed by atoms with Crippen molar-refractivity contribution >= 4 is 15.7 Å². The zero-order valence-corrected chi connectivity index (χ0v) is 15.2. The van der Waals surface area contributed by atoms with Gasteiger partial charge in [-0.05, 0) is 24.5 Å². The second-order valence-corrected chi connectivity index (χ2v) is 8.48. The van der Waals surface area contributed by atoms with Crippen LogP contribution in [0.2, 0.25) is 0 Å². The molecule has 3 rings (SSSR count). The van der Waals surface area contributed by atoms with Crippen LogP contribution in [0.3, 0.4) is 0 Å². The van der Waals surface area contributed by atoms with Crippen molar-refractivity contribution in [3.8, 4) is 0 Å². The molecule has 6 nitrogen and oxygen atoms in total. The number of carbonyl (C=O) groups excluding carboxylic acids is 1. The third-order valence-electron chi connectivity index (χ3n) is 4.57. The van der Waals surface area contributed by atoms with Crippen LogP contribution in [0.4, 0.5) is 4.39 Å². The van der Waals surface area contributed by atoms with E-state index in [1.807, 2.05) is 0 Å². The average molecular weight is 377 g/mol. The van der Waals surface area contributed by atoms with Crippen LogP contribution < -0.4 is 0 Å². The van der Waals surface area contributed by atoms with E-state index >= 15 is 0 Å². The Hall–Kier alpha value is -2.35. The number of sulfone groups is 1. The lowest BCUT2D eigenvalue weighted by Gasteiger charge is -2.33. The lowest BCUT2D eigenvalue weighted by Crippen LogP contribution is -2.40. The Bertz CT molecular complexity index is 917. The van der Waals surface area contributed by atoms with Gasteiger partial charge in [-0.25, -0.2) is 22.8 Å². The number of amides is 1. The number of piperidine rings is 1. The summed E-state index contributed by atoms with van der Waals surface area (Å²) < 4.78 is 37.8. The fourth-order valence-corrected chi connectivity index (χ4v) is 4.11. The molecule has 1 aliphatic rings. The summed E-state index contributed by atoms with van der Waals surface area (Å²) in [6.45, 7) is 0.940. The molecular weight excluding hydrogens is 357 g/mol. The van der Waals surface area contributed by atoms with E-state index in [1.54, 1.807) is 23.1 Å².